The van der Waals surface area contributed by atoms with E-state index in [1.165, 1.54) is 6.07 Å². The molecular weight excluding hydrogens is 248 g/mol. The average Bonchev–Trinajstić information content (AvgIpc) is 2.02. The van der Waals surface area contributed by atoms with E-state index in [-0.39, 0.29) is 4.47 Å². The number of carboxylic acid groups (broad SMARTS) is 1. The molecule has 0 bridgehead atoms. The molecule has 1 aromatic rings. The summed E-state index contributed by atoms with van der Waals surface area (Å²) in [5, 5.41) is 8.59. The van der Waals surface area contributed by atoms with Gasteiger partial charge >= 0.3 is 5.97 Å². The van der Waals surface area contributed by atoms with E-state index in [1.54, 1.807) is 0 Å². The lowest BCUT2D eigenvalue weighted by atomic mass is 10.2. The molecule has 0 radical (unpaired) electrons. The predicted molar refractivity (Wildman–Crippen MR) is 43.9 cm³/mol. The first-order valence-corrected chi connectivity index (χ1v) is 3.99. The number of aromatic carboxylic acids is 1. The van der Waals surface area contributed by atoms with E-state index in [0.29, 0.717) is 0 Å². The van der Waals surface area contributed by atoms with Crippen LogP contribution in [0.3, 0.4) is 0 Å². The second kappa shape index (κ2) is 3.78. The molecule has 1 aromatic heterocycles. The zero-order valence-corrected chi connectivity index (χ0v) is 7.75. The van der Waals surface area contributed by atoms with Gasteiger partial charge in [0.05, 0.1) is 0 Å². The molecule has 0 saturated carbocycles. The first kappa shape index (κ1) is 10.0. The highest BCUT2D eigenvalue weighted by atomic mass is 79.9. The van der Waals surface area contributed by atoms with Gasteiger partial charge in [-0.25, -0.2) is 13.6 Å². The third-order valence-corrected chi connectivity index (χ3v) is 2.01. The lowest BCUT2D eigenvalue weighted by Gasteiger charge is -2.04. The molecular formula is C7H4BrF2NO2. The molecule has 0 spiro atoms. The minimum atomic E-state index is -2.89. The van der Waals surface area contributed by atoms with Crippen LogP contribution in [-0.4, -0.2) is 16.1 Å². The second-order valence-corrected chi connectivity index (χ2v) is 3.01. The van der Waals surface area contributed by atoms with Crippen molar-refractivity contribution in [2.45, 2.75) is 6.43 Å². The summed E-state index contributed by atoms with van der Waals surface area (Å²) in [6.07, 6.45) is -1.76. The average molecular weight is 252 g/mol. The van der Waals surface area contributed by atoms with Crippen molar-refractivity contribution in [2.24, 2.45) is 0 Å². The van der Waals surface area contributed by atoms with Gasteiger partial charge in [0.2, 0.25) is 0 Å². The first-order chi connectivity index (χ1) is 6.04. The Kier molecular flexibility index (Phi) is 2.92. The summed E-state index contributed by atoms with van der Waals surface area (Å²) < 4.78 is 24.5. The molecule has 13 heavy (non-hydrogen) atoms. The second-order valence-electron chi connectivity index (χ2n) is 2.16. The summed E-state index contributed by atoms with van der Waals surface area (Å²) >= 11 is 2.86. The van der Waals surface area contributed by atoms with Crippen LogP contribution in [-0.2, 0) is 0 Å². The molecule has 3 nitrogen and oxygen atoms in total. The molecule has 0 atom stereocenters. The van der Waals surface area contributed by atoms with Crippen molar-refractivity contribution in [3.8, 4) is 0 Å². The van der Waals surface area contributed by atoms with E-state index in [9.17, 15) is 13.6 Å². The van der Waals surface area contributed by atoms with Crippen molar-refractivity contribution in [2.75, 3.05) is 0 Å². The largest absolute Gasteiger partial charge is 0.478 e. The molecule has 1 rings (SSSR count). The molecule has 0 unspecified atom stereocenters. The minimum Gasteiger partial charge on any atom is -0.478 e. The Bertz CT molecular complexity index is 343. The molecule has 1 heterocycles. The highest BCUT2D eigenvalue weighted by Crippen LogP contribution is 2.26. The van der Waals surface area contributed by atoms with Crippen LogP contribution in [0.1, 0.15) is 22.5 Å². The highest BCUT2D eigenvalue weighted by Gasteiger charge is 2.21. The predicted octanol–water partition coefficient (Wildman–Crippen LogP) is 2.48. The monoisotopic (exact) mass is 251 g/mol. The van der Waals surface area contributed by atoms with E-state index in [1.807, 2.05) is 0 Å². The van der Waals surface area contributed by atoms with Crippen LogP contribution < -0.4 is 0 Å². The van der Waals surface area contributed by atoms with Gasteiger partial charge in [-0.3, -0.25) is 4.98 Å². The van der Waals surface area contributed by atoms with Crippen LogP contribution >= 0.6 is 15.9 Å². The first-order valence-electron chi connectivity index (χ1n) is 3.20. The summed E-state index contributed by atoms with van der Waals surface area (Å²) in [4.78, 5) is 13.8. The number of aromatic nitrogens is 1. The fourth-order valence-electron chi connectivity index (χ4n) is 0.830. The fraction of sp³-hybridized carbons (Fsp3) is 0.143. The number of carboxylic acids is 1. The number of halogens is 3. The maximum Gasteiger partial charge on any atom is 0.338 e. The van der Waals surface area contributed by atoms with Crippen LogP contribution in [0.4, 0.5) is 8.78 Å². The van der Waals surface area contributed by atoms with Gasteiger partial charge in [-0.1, -0.05) is 0 Å². The van der Waals surface area contributed by atoms with Gasteiger partial charge in [-0.05, 0) is 22.0 Å². The van der Waals surface area contributed by atoms with Crippen molar-refractivity contribution in [1.82, 2.24) is 4.98 Å². The Morgan fingerprint density at radius 3 is 2.62 bits per heavy atom. The smallest absolute Gasteiger partial charge is 0.338 e. The van der Waals surface area contributed by atoms with E-state index in [4.69, 9.17) is 5.11 Å². The molecule has 70 valence electrons. The summed E-state index contributed by atoms with van der Waals surface area (Å²) in [7, 11) is 0. The molecule has 0 aliphatic heterocycles. The summed E-state index contributed by atoms with van der Waals surface area (Å²) in [6, 6.07) is 1.30. The fourth-order valence-corrected chi connectivity index (χ4v) is 1.32. The van der Waals surface area contributed by atoms with Crippen molar-refractivity contribution >= 4 is 21.9 Å². The van der Waals surface area contributed by atoms with Crippen LogP contribution in [0.2, 0.25) is 0 Å². The van der Waals surface area contributed by atoms with Crippen molar-refractivity contribution in [3.63, 3.8) is 0 Å². The van der Waals surface area contributed by atoms with Crippen molar-refractivity contribution < 1.29 is 18.7 Å². The van der Waals surface area contributed by atoms with Gasteiger partial charge in [0, 0.05) is 10.7 Å². The number of alkyl halides is 2. The van der Waals surface area contributed by atoms with E-state index in [0.717, 1.165) is 6.20 Å². The van der Waals surface area contributed by atoms with E-state index in [2.05, 4.69) is 20.9 Å². The third kappa shape index (κ3) is 2.00. The molecule has 0 aliphatic carbocycles. The van der Waals surface area contributed by atoms with Crippen LogP contribution in [0.15, 0.2) is 16.7 Å². The van der Waals surface area contributed by atoms with E-state index >= 15 is 0 Å². The quantitative estimate of drug-likeness (QED) is 0.879. The van der Waals surface area contributed by atoms with Crippen molar-refractivity contribution in [3.05, 3.63) is 28.0 Å². The highest BCUT2D eigenvalue weighted by molar-refractivity contribution is 9.10. The zero-order chi connectivity index (χ0) is 10.0. The maximum absolute atomic E-state index is 12.2. The summed E-state index contributed by atoms with van der Waals surface area (Å²) in [6.45, 7) is 0. The Hall–Kier alpha value is -1.04. The van der Waals surface area contributed by atoms with Gasteiger partial charge in [-0.2, -0.15) is 0 Å². The van der Waals surface area contributed by atoms with Gasteiger partial charge in [0.25, 0.3) is 6.43 Å². The van der Waals surface area contributed by atoms with Crippen LogP contribution in [0.25, 0.3) is 0 Å². The summed E-state index contributed by atoms with van der Waals surface area (Å²) in [5.41, 5.74) is -1.21. The molecule has 0 amide bonds. The number of nitrogens with zero attached hydrogens (tertiary/aromatic N) is 1. The maximum atomic E-state index is 12.2. The Morgan fingerprint density at radius 2 is 2.23 bits per heavy atom. The summed E-state index contributed by atoms with van der Waals surface area (Å²) in [5.74, 6) is -1.42. The van der Waals surface area contributed by atoms with Gasteiger partial charge < -0.3 is 5.11 Å². The lowest BCUT2D eigenvalue weighted by Crippen LogP contribution is -2.06. The molecule has 0 fully saturated rings. The number of hydrogen-bond donors (Lipinski definition) is 1. The zero-order valence-electron chi connectivity index (χ0n) is 6.17. The lowest BCUT2D eigenvalue weighted by molar-refractivity contribution is 0.0681. The molecule has 6 heteroatoms. The third-order valence-electron chi connectivity index (χ3n) is 1.35. The van der Waals surface area contributed by atoms with Gasteiger partial charge in [0.1, 0.15) is 11.3 Å². The Morgan fingerprint density at radius 1 is 1.62 bits per heavy atom. The standard InChI is InChI=1S/C7H4BrF2NO2/c8-3-1-2-11-5(6(9)10)4(3)7(12)13/h1-2,6H,(H,12,13). The van der Waals surface area contributed by atoms with Crippen LogP contribution in [0, 0.1) is 0 Å². The molecule has 0 aromatic carbocycles. The molecule has 0 saturated heterocycles. The van der Waals surface area contributed by atoms with Crippen LogP contribution in [0.5, 0.6) is 0 Å². The van der Waals surface area contributed by atoms with E-state index < -0.39 is 23.7 Å². The Balaban J connectivity index is 3.34. The number of rotatable bonds is 2. The number of carbonyl (C=O) groups is 1. The molecule has 1 N–H and O–H groups in total. The Labute approximate surface area is 80.5 Å². The SMILES string of the molecule is O=C(O)c1c(Br)ccnc1C(F)F. The van der Waals surface area contributed by atoms with Gasteiger partial charge in [0.15, 0.2) is 0 Å². The van der Waals surface area contributed by atoms with Gasteiger partial charge in [-0.15, -0.1) is 0 Å². The van der Waals surface area contributed by atoms with Crippen molar-refractivity contribution in [1.29, 1.82) is 0 Å². The number of pyridine rings is 1. The minimum absolute atomic E-state index is 0.102. The number of hydrogen-bond acceptors (Lipinski definition) is 2. The molecule has 0 aliphatic rings. The topological polar surface area (TPSA) is 50.2 Å². The normalized spacial score (nSPS) is 10.5.